The van der Waals surface area contributed by atoms with Crippen LogP contribution in [0.15, 0.2) is 30.6 Å². The van der Waals surface area contributed by atoms with E-state index in [0.717, 1.165) is 5.56 Å². The van der Waals surface area contributed by atoms with E-state index in [9.17, 15) is 10.1 Å². The lowest BCUT2D eigenvalue weighted by molar-refractivity contribution is -0.385. The van der Waals surface area contributed by atoms with E-state index in [1.165, 1.54) is 30.6 Å². The SMILES string of the molecule is O=[N+]([O-])c1ccc(Cl)cc1Oc1ncc(CCl)cn1. The fourth-order valence-corrected chi connectivity index (χ4v) is 1.58. The van der Waals surface area contributed by atoms with Crippen molar-refractivity contribution in [1.82, 2.24) is 9.97 Å². The van der Waals surface area contributed by atoms with Crippen molar-refractivity contribution in [2.45, 2.75) is 5.88 Å². The second-order valence-electron chi connectivity index (χ2n) is 3.48. The first-order valence-electron chi connectivity index (χ1n) is 5.09. The lowest BCUT2D eigenvalue weighted by Gasteiger charge is -2.05. The average Bonchev–Trinajstić information content (AvgIpc) is 2.39. The van der Waals surface area contributed by atoms with Crippen LogP contribution in [0.2, 0.25) is 5.02 Å². The van der Waals surface area contributed by atoms with Crippen LogP contribution in [0.3, 0.4) is 0 Å². The monoisotopic (exact) mass is 299 g/mol. The molecule has 2 aromatic rings. The lowest BCUT2D eigenvalue weighted by Crippen LogP contribution is -1.96. The largest absolute Gasteiger partial charge is 0.417 e. The van der Waals surface area contributed by atoms with Crippen molar-refractivity contribution in [3.63, 3.8) is 0 Å². The van der Waals surface area contributed by atoms with E-state index >= 15 is 0 Å². The first kappa shape index (κ1) is 13.5. The Balaban J connectivity index is 2.31. The lowest BCUT2D eigenvalue weighted by atomic mass is 10.3. The van der Waals surface area contributed by atoms with Crippen LogP contribution in [0.5, 0.6) is 11.8 Å². The van der Waals surface area contributed by atoms with Crippen LogP contribution < -0.4 is 4.74 Å². The van der Waals surface area contributed by atoms with Gasteiger partial charge >= 0.3 is 11.7 Å². The smallest absolute Gasteiger partial charge is 0.322 e. The molecule has 98 valence electrons. The zero-order chi connectivity index (χ0) is 13.8. The second-order valence-corrected chi connectivity index (χ2v) is 4.18. The molecule has 1 heterocycles. The van der Waals surface area contributed by atoms with E-state index in [1.54, 1.807) is 0 Å². The summed E-state index contributed by atoms with van der Waals surface area (Å²) in [5.74, 6) is 0.258. The molecule has 0 fully saturated rings. The Kier molecular flexibility index (Phi) is 4.13. The Bertz CT molecular complexity index is 605. The number of halogens is 2. The first-order valence-corrected chi connectivity index (χ1v) is 6.00. The fraction of sp³-hybridized carbons (Fsp3) is 0.0909. The molecule has 0 N–H and O–H groups in total. The quantitative estimate of drug-likeness (QED) is 0.490. The minimum absolute atomic E-state index is 0.0146. The van der Waals surface area contributed by atoms with E-state index in [1.807, 2.05) is 0 Å². The highest BCUT2D eigenvalue weighted by Gasteiger charge is 2.17. The van der Waals surface area contributed by atoms with Crippen LogP contribution in [0.1, 0.15) is 5.56 Å². The number of hydrogen-bond donors (Lipinski definition) is 0. The number of nitro groups is 1. The van der Waals surface area contributed by atoms with Crippen LogP contribution >= 0.6 is 23.2 Å². The van der Waals surface area contributed by atoms with Crippen molar-refractivity contribution in [1.29, 1.82) is 0 Å². The predicted octanol–water partition coefficient (Wildman–Crippen LogP) is 3.57. The topological polar surface area (TPSA) is 78.2 Å². The molecule has 1 aromatic heterocycles. The van der Waals surface area contributed by atoms with Crippen molar-refractivity contribution in [2.75, 3.05) is 0 Å². The van der Waals surface area contributed by atoms with Gasteiger partial charge in [0.25, 0.3) is 0 Å². The summed E-state index contributed by atoms with van der Waals surface area (Å²) in [4.78, 5) is 18.1. The van der Waals surface area contributed by atoms with Crippen molar-refractivity contribution < 1.29 is 9.66 Å². The van der Waals surface area contributed by atoms with Crippen molar-refractivity contribution >= 4 is 28.9 Å². The van der Waals surface area contributed by atoms with Crippen LogP contribution in [0, 0.1) is 10.1 Å². The van der Waals surface area contributed by atoms with Crippen molar-refractivity contribution in [3.05, 3.63) is 51.3 Å². The molecule has 0 saturated carbocycles. The number of alkyl halides is 1. The second kappa shape index (κ2) is 5.81. The molecule has 0 aliphatic heterocycles. The summed E-state index contributed by atoms with van der Waals surface area (Å²) in [6.45, 7) is 0. The van der Waals surface area contributed by atoms with E-state index in [0.29, 0.717) is 5.02 Å². The minimum Gasteiger partial charge on any atom is -0.417 e. The molecule has 1 aromatic carbocycles. The summed E-state index contributed by atoms with van der Waals surface area (Å²) < 4.78 is 5.26. The molecular formula is C11H7Cl2N3O3. The number of ether oxygens (including phenoxy) is 1. The standard InChI is InChI=1S/C11H7Cl2N3O3/c12-4-7-5-14-11(15-6-7)19-10-3-8(13)1-2-9(10)16(17)18/h1-3,5-6H,4H2. The van der Waals surface area contributed by atoms with Gasteiger partial charge in [0.2, 0.25) is 5.75 Å². The normalized spacial score (nSPS) is 10.2. The van der Waals surface area contributed by atoms with Crippen molar-refractivity contribution in [3.8, 4) is 11.8 Å². The molecule has 0 aliphatic rings. The maximum Gasteiger partial charge on any atom is 0.322 e. The molecule has 0 atom stereocenters. The van der Waals surface area contributed by atoms with Crippen LogP contribution in [-0.4, -0.2) is 14.9 Å². The van der Waals surface area contributed by atoms with Crippen LogP contribution in [0.25, 0.3) is 0 Å². The van der Waals surface area contributed by atoms with Crippen LogP contribution in [-0.2, 0) is 5.88 Å². The van der Waals surface area contributed by atoms with Gasteiger partial charge in [-0.05, 0) is 6.07 Å². The highest BCUT2D eigenvalue weighted by Crippen LogP contribution is 2.32. The highest BCUT2D eigenvalue weighted by atomic mass is 35.5. The summed E-state index contributed by atoms with van der Waals surface area (Å²) in [6, 6.07) is 3.98. The van der Waals surface area contributed by atoms with Gasteiger partial charge in [0.05, 0.1) is 10.8 Å². The molecule has 0 aliphatic carbocycles. The average molecular weight is 300 g/mol. The van der Waals surface area contributed by atoms with E-state index in [-0.39, 0.29) is 23.3 Å². The summed E-state index contributed by atoms with van der Waals surface area (Å²) in [5, 5.41) is 11.2. The van der Waals surface area contributed by atoms with Gasteiger partial charge < -0.3 is 4.74 Å². The molecule has 0 unspecified atom stereocenters. The van der Waals surface area contributed by atoms with Crippen LogP contribution in [0.4, 0.5) is 5.69 Å². The summed E-state index contributed by atoms with van der Waals surface area (Å²) in [6.07, 6.45) is 2.96. The highest BCUT2D eigenvalue weighted by molar-refractivity contribution is 6.30. The molecule has 0 bridgehead atoms. The Hall–Kier alpha value is -1.92. The number of hydrogen-bond acceptors (Lipinski definition) is 5. The van der Waals surface area contributed by atoms with Gasteiger partial charge in [-0.3, -0.25) is 10.1 Å². The Morgan fingerprint density at radius 3 is 2.58 bits per heavy atom. The number of nitro benzene ring substituents is 1. The molecule has 0 spiro atoms. The van der Waals surface area contributed by atoms with Gasteiger partial charge in [0.15, 0.2) is 0 Å². The van der Waals surface area contributed by atoms with Gasteiger partial charge in [-0.15, -0.1) is 11.6 Å². The third-order valence-electron chi connectivity index (χ3n) is 2.16. The van der Waals surface area contributed by atoms with Gasteiger partial charge in [0, 0.05) is 35.1 Å². The molecule has 8 heteroatoms. The molecule has 6 nitrogen and oxygen atoms in total. The zero-order valence-corrected chi connectivity index (χ0v) is 10.9. The molecule has 19 heavy (non-hydrogen) atoms. The van der Waals surface area contributed by atoms with Gasteiger partial charge in [-0.25, -0.2) is 9.97 Å². The molecular weight excluding hydrogens is 293 g/mol. The fourth-order valence-electron chi connectivity index (χ4n) is 1.28. The number of aromatic nitrogens is 2. The number of nitrogens with zero attached hydrogens (tertiary/aromatic N) is 3. The third kappa shape index (κ3) is 3.30. The van der Waals surface area contributed by atoms with E-state index in [4.69, 9.17) is 27.9 Å². The first-order chi connectivity index (χ1) is 9.10. The zero-order valence-electron chi connectivity index (χ0n) is 9.42. The van der Waals surface area contributed by atoms with Gasteiger partial charge in [-0.1, -0.05) is 11.6 Å². The van der Waals surface area contributed by atoms with Gasteiger partial charge in [-0.2, -0.15) is 0 Å². The summed E-state index contributed by atoms with van der Waals surface area (Å²) >= 11 is 11.4. The Morgan fingerprint density at radius 2 is 2.00 bits per heavy atom. The van der Waals surface area contributed by atoms with Gasteiger partial charge in [0.1, 0.15) is 0 Å². The number of benzene rings is 1. The predicted molar refractivity (Wildman–Crippen MR) is 69.8 cm³/mol. The van der Waals surface area contributed by atoms with E-state index in [2.05, 4.69) is 9.97 Å². The third-order valence-corrected chi connectivity index (χ3v) is 2.70. The number of rotatable bonds is 4. The van der Waals surface area contributed by atoms with E-state index < -0.39 is 4.92 Å². The van der Waals surface area contributed by atoms with Crippen molar-refractivity contribution in [2.24, 2.45) is 0 Å². The molecule has 0 saturated heterocycles. The molecule has 0 amide bonds. The maximum absolute atomic E-state index is 10.8. The minimum atomic E-state index is -0.571. The summed E-state index contributed by atoms with van der Waals surface area (Å²) in [5.41, 5.74) is 0.504. The Morgan fingerprint density at radius 1 is 1.32 bits per heavy atom. The maximum atomic E-state index is 10.8. The summed E-state index contributed by atoms with van der Waals surface area (Å²) in [7, 11) is 0. The molecule has 0 radical (unpaired) electrons. The Labute approximate surface area is 118 Å². The molecule has 2 rings (SSSR count).